The summed E-state index contributed by atoms with van der Waals surface area (Å²) in [5.74, 6) is 0.944. The number of nitrogens with one attached hydrogen (secondary N) is 1. The van der Waals surface area contributed by atoms with Crippen LogP contribution in [0.25, 0.3) is 10.8 Å². The summed E-state index contributed by atoms with van der Waals surface area (Å²) in [5, 5.41) is 5.31. The normalized spacial score (nSPS) is 17.0. The van der Waals surface area contributed by atoms with Crippen LogP contribution in [0, 0.1) is 0 Å². The fraction of sp³-hybridized carbons (Fsp3) is 0.292. The van der Waals surface area contributed by atoms with E-state index in [0.717, 1.165) is 41.7 Å². The lowest BCUT2D eigenvalue weighted by molar-refractivity contribution is -0.116. The Kier molecular flexibility index (Phi) is 5.58. The van der Waals surface area contributed by atoms with Gasteiger partial charge in [-0.25, -0.2) is 0 Å². The summed E-state index contributed by atoms with van der Waals surface area (Å²) in [5.41, 5.74) is 2.18. The zero-order chi connectivity index (χ0) is 19.3. The Bertz CT molecular complexity index is 947. The summed E-state index contributed by atoms with van der Waals surface area (Å²) in [6.07, 6.45) is 2.80. The van der Waals surface area contributed by atoms with Gasteiger partial charge in [0.1, 0.15) is 5.75 Å². The predicted molar refractivity (Wildman–Crippen MR) is 114 cm³/mol. The van der Waals surface area contributed by atoms with Crippen LogP contribution in [0.15, 0.2) is 66.7 Å². The van der Waals surface area contributed by atoms with Gasteiger partial charge < -0.3 is 10.1 Å². The number of carbonyl (C=O) groups excluding carboxylic acids is 1. The molecule has 1 saturated heterocycles. The van der Waals surface area contributed by atoms with Gasteiger partial charge >= 0.3 is 0 Å². The van der Waals surface area contributed by atoms with Crippen molar-refractivity contribution in [1.29, 1.82) is 0 Å². The molecule has 3 aromatic carbocycles. The Morgan fingerprint density at radius 1 is 1.07 bits per heavy atom. The largest absolute Gasteiger partial charge is 0.497 e. The number of hydrogen-bond donors (Lipinski definition) is 1. The van der Waals surface area contributed by atoms with Gasteiger partial charge in [-0.3, -0.25) is 9.69 Å². The van der Waals surface area contributed by atoms with Gasteiger partial charge in [-0.2, -0.15) is 0 Å². The maximum atomic E-state index is 12.6. The predicted octanol–water partition coefficient (Wildman–Crippen LogP) is 5.01. The van der Waals surface area contributed by atoms with Crippen molar-refractivity contribution in [3.05, 3.63) is 72.3 Å². The number of hydrogen-bond acceptors (Lipinski definition) is 3. The molecule has 1 N–H and O–H groups in total. The van der Waals surface area contributed by atoms with E-state index in [1.165, 1.54) is 12.0 Å². The zero-order valence-electron chi connectivity index (χ0n) is 16.2. The standard InChI is InChI=1S/C24H26N2O2/c1-28-20-13-11-19(12-14-20)23-10-5-16-26(23)17-15-24(27)25-22-9-4-7-18-6-2-3-8-21(18)22/h2-4,6-9,11-14,23H,5,10,15-17H2,1H3,(H,25,27)/t23-/m1/s1. The van der Waals surface area contributed by atoms with Crippen LogP contribution in [0.4, 0.5) is 5.69 Å². The Labute approximate surface area is 166 Å². The summed E-state index contributed by atoms with van der Waals surface area (Å²) in [4.78, 5) is 15.0. The second-order valence-electron chi connectivity index (χ2n) is 7.29. The number of amides is 1. The molecule has 28 heavy (non-hydrogen) atoms. The Balaban J connectivity index is 1.38. The summed E-state index contributed by atoms with van der Waals surface area (Å²) in [6.45, 7) is 1.81. The van der Waals surface area contributed by atoms with Gasteiger partial charge in [0.05, 0.1) is 7.11 Å². The van der Waals surface area contributed by atoms with Crippen molar-refractivity contribution in [3.63, 3.8) is 0 Å². The van der Waals surface area contributed by atoms with Gasteiger partial charge in [-0.15, -0.1) is 0 Å². The average molecular weight is 374 g/mol. The molecule has 1 aliphatic heterocycles. The number of nitrogens with zero attached hydrogens (tertiary/aromatic N) is 1. The molecule has 0 aromatic heterocycles. The van der Waals surface area contributed by atoms with Crippen molar-refractivity contribution in [1.82, 2.24) is 4.90 Å². The highest BCUT2D eigenvalue weighted by atomic mass is 16.5. The molecule has 4 rings (SSSR count). The minimum Gasteiger partial charge on any atom is -0.497 e. The van der Waals surface area contributed by atoms with E-state index >= 15 is 0 Å². The van der Waals surface area contributed by atoms with E-state index in [9.17, 15) is 4.79 Å². The van der Waals surface area contributed by atoms with Crippen molar-refractivity contribution in [3.8, 4) is 5.75 Å². The van der Waals surface area contributed by atoms with Gasteiger partial charge in [0.15, 0.2) is 0 Å². The third kappa shape index (κ3) is 4.02. The lowest BCUT2D eigenvalue weighted by atomic mass is 10.0. The molecule has 0 radical (unpaired) electrons. The third-order valence-electron chi connectivity index (χ3n) is 5.55. The number of ether oxygens (including phenoxy) is 1. The number of likely N-dealkylation sites (tertiary alicyclic amines) is 1. The van der Waals surface area contributed by atoms with Gasteiger partial charge in [0, 0.05) is 30.1 Å². The lowest BCUT2D eigenvalue weighted by Gasteiger charge is -2.24. The lowest BCUT2D eigenvalue weighted by Crippen LogP contribution is -2.27. The Morgan fingerprint density at radius 3 is 2.68 bits per heavy atom. The van der Waals surface area contributed by atoms with Crippen LogP contribution < -0.4 is 10.1 Å². The van der Waals surface area contributed by atoms with Gasteiger partial charge in [-0.1, -0.05) is 48.5 Å². The van der Waals surface area contributed by atoms with Gasteiger partial charge in [0.2, 0.25) is 5.91 Å². The smallest absolute Gasteiger partial charge is 0.225 e. The minimum absolute atomic E-state index is 0.0664. The fourth-order valence-electron chi connectivity index (χ4n) is 4.09. The van der Waals surface area contributed by atoms with E-state index < -0.39 is 0 Å². The molecule has 1 atom stereocenters. The first-order valence-electron chi connectivity index (χ1n) is 9.90. The quantitative estimate of drug-likeness (QED) is 0.659. The molecule has 0 bridgehead atoms. The summed E-state index contributed by atoms with van der Waals surface area (Å²) in [6, 6.07) is 22.8. The number of fused-ring (bicyclic) bond motifs is 1. The van der Waals surface area contributed by atoms with Crippen molar-refractivity contribution >= 4 is 22.4 Å². The van der Waals surface area contributed by atoms with E-state index in [1.807, 2.05) is 42.5 Å². The maximum Gasteiger partial charge on any atom is 0.225 e. The second kappa shape index (κ2) is 8.44. The number of carbonyl (C=O) groups is 1. The van der Waals surface area contributed by atoms with Crippen molar-refractivity contribution < 1.29 is 9.53 Å². The van der Waals surface area contributed by atoms with Crippen molar-refractivity contribution in [2.75, 3.05) is 25.5 Å². The highest BCUT2D eigenvalue weighted by molar-refractivity contribution is 6.02. The van der Waals surface area contributed by atoms with Crippen LogP contribution in [-0.4, -0.2) is 31.0 Å². The minimum atomic E-state index is 0.0664. The number of benzene rings is 3. The molecule has 1 aliphatic rings. The Morgan fingerprint density at radius 2 is 1.86 bits per heavy atom. The molecule has 1 fully saturated rings. The first-order chi connectivity index (χ1) is 13.7. The fourth-order valence-corrected chi connectivity index (χ4v) is 4.09. The summed E-state index contributed by atoms with van der Waals surface area (Å²) in [7, 11) is 1.69. The molecule has 4 nitrogen and oxygen atoms in total. The molecule has 0 aliphatic carbocycles. The molecule has 4 heteroatoms. The van der Waals surface area contributed by atoms with E-state index in [0.29, 0.717) is 12.5 Å². The summed E-state index contributed by atoms with van der Waals surface area (Å²) >= 11 is 0. The van der Waals surface area contributed by atoms with E-state index in [4.69, 9.17) is 4.74 Å². The first-order valence-corrected chi connectivity index (χ1v) is 9.90. The SMILES string of the molecule is COc1ccc([C@H]2CCCN2CCC(=O)Nc2cccc3ccccc23)cc1. The average Bonchev–Trinajstić information content (AvgIpc) is 3.21. The van der Waals surface area contributed by atoms with Gasteiger partial charge in [0.25, 0.3) is 0 Å². The molecule has 1 heterocycles. The summed E-state index contributed by atoms with van der Waals surface area (Å²) < 4.78 is 5.26. The number of anilines is 1. The molecule has 1 amide bonds. The van der Waals surface area contributed by atoms with Crippen molar-refractivity contribution in [2.45, 2.75) is 25.3 Å². The molecule has 0 spiro atoms. The second-order valence-corrected chi connectivity index (χ2v) is 7.29. The van der Waals surface area contributed by atoms with E-state index in [1.54, 1.807) is 7.11 Å². The maximum absolute atomic E-state index is 12.6. The van der Waals surface area contributed by atoms with Crippen LogP contribution in [0.3, 0.4) is 0 Å². The highest BCUT2D eigenvalue weighted by Gasteiger charge is 2.26. The van der Waals surface area contributed by atoms with Crippen LogP contribution in [0.2, 0.25) is 0 Å². The van der Waals surface area contributed by atoms with E-state index in [2.05, 4.69) is 34.5 Å². The first kappa shape index (κ1) is 18.5. The molecular formula is C24H26N2O2. The topological polar surface area (TPSA) is 41.6 Å². The molecule has 144 valence electrons. The monoisotopic (exact) mass is 374 g/mol. The highest BCUT2D eigenvalue weighted by Crippen LogP contribution is 2.32. The van der Waals surface area contributed by atoms with Gasteiger partial charge in [-0.05, 0) is 48.5 Å². The van der Waals surface area contributed by atoms with Crippen LogP contribution >= 0.6 is 0 Å². The third-order valence-corrected chi connectivity index (χ3v) is 5.55. The van der Waals surface area contributed by atoms with Crippen molar-refractivity contribution in [2.24, 2.45) is 0 Å². The molecule has 0 unspecified atom stereocenters. The zero-order valence-corrected chi connectivity index (χ0v) is 16.2. The van der Waals surface area contributed by atoms with Crippen LogP contribution in [-0.2, 0) is 4.79 Å². The molecule has 0 saturated carbocycles. The Hall–Kier alpha value is -2.85. The number of methoxy groups -OCH3 is 1. The number of rotatable bonds is 6. The van der Waals surface area contributed by atoms with Crippen LogP contribution in [0.5, 0.6) is 5.75 Å². The van der Waals surface area contributed by atoms with Crippen LogP contribution in [0.1, 0.15) is 30.9 Å². The molecular weight excluding hydrogens is 348 g/mol. The van der Waals surface area contributed by atoms with E-state index in [-0.39, 0.29) is 5.91 Å². The molecule has 3 aromatic rings.